The summed E-state index contributed by atoms with van der Waals surface area (Å²) in [7, 11) is 0. The molecule has 0 saturated carbocycles. The first kappa shape index (κ1) is 22.9. The van der Waals surface area contributed by atoms with Gasteiger partial charge in [0, 0.05) is 49.8 Å². The van der Waals surface area contributed by atoms with Crippen LogP contribution in [0.15, 0.2) is 36.9 Å². The summed E-state index contributed by atoms with van der Waals surface area (Å²) in [5, 5.41) is 5.76. The second kappa shape index (κ2) is 9.41. The van der Waals surface area contributed by atoms with Crippen molar-refractivity contribution in [3.63, 3.8) is 0 Å². The van der Waals surface area contributed by atoms with Gasteiger partial charge in [-0.05, 0) is 26.0 Å². The number of ether oxygens (including phenoxy) is 1. The highest BCUT2D eigenvalue weighted by atomic mass is 35.5. The van der Waals surface area contributed by atoms with Crippen molar-refractivity contribution in [2.45, 2.75) is 26.4 Å². The van der Waals surface area contributed by atoms with E-state index >= 15 is 0 Å². The van der Waals surface area contributed by atoms with Crippen molar-refractivity contribution < 1.29 is 9.53 Å². The van der Waals surface area contributed by atoms with E-state index in [2.05, 4.69) is 29.9 Å². The molecule has 1 aliphatic rings. The number of aromatic amines is 1. The molecule has 182 valence electrons. The van der Waals surface area contributed by atoms with E-state index in [4.69, 9.17) is 22.1 Å². The smallest absolute Gasteiger partial charge is 0.244 e. The van der Waals surface area contributed by atoms with E-state index in [9.17, 15) is 4.79 Å². The minimum atomic E-state index is -0.0455. The number of piperazine rings is 1. The third-order valence-corrected chi connectivity index (χ3v) is 6.41. The highest BCUT2D eigenvalue weighted by Gasteiger charge is 2.29. The normalized spacial score (nSPS) is 16.1. The largest absolute Gasteiger partial charge is 0.492 e. The number of halogens is 1. The third-order valence-electron chi connectivity index (χ3n) is 6.09. The van der Waals surface area contributed by atoms with Gasteiger partial charge in [0.15, 0.2) is 11.5 Å². The van der Waals surface area contributed by atoms with Crippen molar-refractivity contribution in [3.05, 3.63) is 41.9 Å². The van der Waals surface area contributed by atoms with Crippen LogP contribution in [0.4, 0.5) is 11.5 Å². The molecule has 0 aliphatic carbocycles. The lowest BCUT2D eigenvalue weighted by molar-refractivity contribution is -0.134. The number of imidazole rings is 1. The number of nitrogens with zero attached hydrogens (tertiary/aromatic N) is 7. The van der Waals surface area contributed by atoms with Crippen molar-refractivity contribution in [3.8, 4) is 17.3 Å². The van der Waals surface area contributed by atoms with Gasteiger partial charge in [-0.1, -0.05) is 11.6 Å². The predicted molar refractivity (Wildman–Crippen MR) is 133 cm³/mol. The Balaban J connectivity index is 1.34. The van der Waals surface area contributed by atoms with E-state index in [0.717, 1.165) is 5.69 Å². The van der Waals surface area contributed by atoms with Crippen LogP contribution in [0.3, 0.4) is 0 Å². The molecule has 3 aromatic heterocycles. The Morgan fingerprint density at radius 3 is 2.89 bits per heavy atom. The van der Waals surface area contributed by atoms with Gasteiger partial charge in [0.25, 0.3) is 0 Å². The number of carbonyl (C=O) groups excluding carboxylic acids is 1. The predicted octanol–water partition coefficient (Wildman–Crippen LogP) is 2.59. The standard InChI is InChI=1S/C23H26ClN9O2/c1-3-35-17-10-15(4-5-16(17)24)31-8-9-32(14(2)11-31)18(34)12-33-23-19(21(25)28-13-29-23)20(30-33)22-26-6-7-27-22/h4-7,10,13-14H,3,8-9,11-12H2,1-2H3,(H,26,27)(H2,25,28,29)/t14-/m0/s1. The molecular weight excluding hydrogens is 470 g/mol. The molecule has 1 aromatic carbocycles. The summed E-state index contributed by atoms with van der Waals surface area (Å²) in [5.41, 5.74) is 8.15. The molecule has 4 heterocycles. The number of benzene rings is 1. The number of rotatable bonds is 6. The van der Waals surface area contributed by atoms with Gasteiger partial charge in [-0.2, -0.15) is 5.10 Å². The maximum Gasteiger partial charge on any atom is 0.244 e. The molecule has 3 N–H and O–H groups in total. The number of fused-ring (bicyclic) bond motifs is 1. The first-order chi connectivity index (χ1) is 17.0. The van der Waals surface area contributed by atoms with Gasteiger partial charge in [-0.15, -0.1) is 0 Å². The maximum atomic E-state index is 13.3. The molecular formula is C23H26ClN9O2. The van der Waals surface area contributed by atoms with Crippen LogP contribution in [-0.4, -0.2) is 72.8 Å². The van der Waals surface area contributed by atoms with Crippen LogP contribution in [0.1, 0.15) is 13.8 Å². The molecule has 1 fully saturated rings. The van der Waals surface area contributed by atoms with Crippen LogP contribution in [0.5, 0.6) is 5.75 Å². The number of H-pyrrole nitrogens is 1. The van der Waals surface area contributed by atoms with E-state index in [1.54, 1.807) is 17.1 Å². The van der Waals surface area contributed by atoms with Crippen LogP contribution >= 0.6 is 11.6 Å². The molecule has 0 radical (unpaired) electrons. The van der Waals surface area contributed by atoms with Crippen LogP contribution in [0.2, 0.25) is 5.02 Å². The van der Waals surface area contributed by atoms with Crippen molar-refractivity contribution in [2.24, 2.45) is 0 Å². The fourth-order valence-electron chi connectivity index (χ4n) is 4.44. The number of carbonyl (C=O) groups is 1. The summed E-state index contributed by atoms with van der Waals surface area (Å²) in [4.78, 5) is 33.2. The average Bonchev–Trinajstić information content (AvgIpc) is 3.50. The van der Waals surface area contributed by atoms with Gasteiger partial charge in [-0.3, -0.25) is 4.79 Å². The molecule has 1 atom stereocenters. The number of nitrogen functional groups attached to an aromatic ring is 1. The first-order valence-corrected chi connectivity index (χ1v) is 11.8. The highest BCUT2D eigenvalue weighted by molar-refractivity contribution is 6.32. The second-order valence-electron chi connectivity index (χ2n) is 8.33. The van der Waals surface area contributed by atoms with E-state index in [-0.39, 0.29) is 24.3 Å². The summed E-state index contributed by atoms with van der Waals surface area (Å²) in [5.74, 6) is 1.45. The topological polar surface area (TPSA) is 131 Å². The number of nitrogens with one attached hydrogen (secondary N) is 1. The monoisotopic (exact) mass is 495 g/mol. The van der Waals surface area contributed by atoms with Gasteiger partial charge < -0.3 is 25.3 Å². The van der Waals surface area contributed by atoms with Gasteiger partial charge in [0.2, 0.25) is 5.91 Å². The van der Waals surface area contributed by atoms with Crippen LogP contribution in [0, 0.1) is 0 Å². The first-order valence-electron chi connectivity index (χ1n) is 11.4. The van der Waals surface area contributed by atoms with Crippen molar-refractivity contribution >= 4 is 40.0 Å². The van der Waals surface area contributed by atoms with E-state index < -0.39 is 0 Å². The molecule has 4 aromatic rings. The van der Waals surface area contributed by atoms with E-state index in [1.165, 1.54) is 6.33 Å². The van der Waals surface area contributed by atoms with Crippen molar-refractivity contribution in [1.29, 1.82) is 0 Å². The molecule has 0 unspecified atom stereocenters. The zero-order chi connectivity index (χ0) is 24.5. The second-order valence-corrected chi connectivity index (χ2v) is 8.74. The van der Waals surface area contributed by atoms with Crippen molar-refractivity contribution in [1.82, 2.24) is 34.6 Å². The Labute approximate surface area is 206 Å². The number of hydrogen-bond donors (Lipinski definition) is 2. The summed E-state index contributed by atoms with van der Waals surface area (Å²) in [6, 6.07) is 5.77. The number of aromatic nitrogens is 6. The van der Waals surface area contributed by atoms with E-state index in [1.807, 2.05) is 36.9 Å². The van der Waals surface area contributed by atoms with Gasteiger partial charge in [0.05, 0.1) is 17.0 Å². The average molecular weight is 496 g/mol. The Morgan fingerprint density at radius 2 is 2.14 bits per heavy atom. The molecule has 35 heavy (non-hydrogen) atoms. The SMILES string of the molecule is CCOc1cc(N2CCN(C(=O)Cn3nc(-c4ncc[nH]4)c4c(N)ncnc43)[C@@H](C)C2)ccc1Cl. The number of amides is 1. The summed E-state index contributed by atoms with van der Waals surface area (Å²) < 4.78 is 7.20. The zero-order valence-corrected chi connectivity index (χ0v) is 20.2. The Bertz CT molecular complexity index is 1350. The third kappa shape index (κ3) is 4.34. The number of hydrogen-bond acceptors (Lipinski definition) is 8. The lowest BCUT2D eigenvalue weighted by atomic mass is 10.1. The maximum absolute atomic E-state index is 13.3. The van der Waals surface area contributed by atoms with Gasteiger partial charge in [0.1, 0.15) is 30.1 Å². The fraction of sp³-hybridized carbons (Fsp3) is 0.348. The number of anilines is 2. The molecule has 0 bridgehead atoms. The minimum Gasteiger partial charge on any atom is -0.492 e. The molecule has 0 spiro atoms. The van der Waals surface area contributed by atoms with Crippen LogP contribution in [-0.2, 0) is 11.3 Å². The highest BCUT2D eigenvalue weighted by Crippen LogP contribution is 2.31. The Morgan fingerprint density at radius 1 is 1.29 bits per heavy atom. The molecule has 5 rings (SSSR count). The molecule has 12 heteroatoms. The molecule has 11 nitrogen and oxygen atoms in total. The van der Waals surface area contributed by atoms with Crippen LogP contribution in [0.25, 0.3) is 22.6 Å². The minimum absolute atomic E-state index is 0.00598. The summed E-state index contributed by atoms with van der Waals surface area (Å²) in [6.07, 6.45) is 4.70. The quantitative estimate of drug-likeness (QED) is 0.417. The van der Waals surface area contributed by atoms with Crippen molar-refractivity contribution in [2.75, 3.05) is 36.9 Å². The lowest BCUT2D eigenvalue weighted by Crippen LogP contribution is -2.54. The Kier molecular flexibility index (Phi) is 6.16. The number of nitrogens with two attached hydrogens (primary N) is 1. The fourth-order valence-corrected chi connectivity index (χ4v) is 4.61. The Hall–Kier alpha value is -3.86. The molecule has 1 amide bonds. The van der Waals surface area contributed by atoms with Gasteiger partial charge >= 0.3 is 0 Å². The molecule has 1 aliphatic heterocycles. The zero-order valence-electron chi connectivity index (χ0n) is 19.5. The van der Waals surface area contributed by atoms with E-state index in [0.29, 0.717) is 59.6 Å². The lowest BCUT2D eigenvalue weighted by Gasteiger charge is -2.41. The van der Waals surface area contributed by atoms with Crippen LogP contribution < -0.4 is 15.4 Å². The van der Waals surface area contributed by atoms with Gasteiger partial charge in [-0.25, -0.2) is 19.6 Å². The summed E-state index contributed by atoms with van der Waals surface area (Å²) in [6.45, 7) is 6.50. The summed E-state index contributed by atoms with van der Waals surface area (Å²) >= 11 is 6.24. The molecule has 1 saturated heterocycles.